The summed E-state index contributed by atoms with van der Waals surface area (Å²) in [5.74, 6) is -0.875. The molecule has 0 fully saturated rings. The van der Waals surface area contributed by atoms with Crippen molar-refractivity contribution in [2.75, 3.05) is 26.9 Å². The van der Waals surface area contributed by atoms with E-state index in [1.807, 2.05) is 0 Å². The molecule has 0 radical (unpaired) electrons. The largest absolute Gasteiger partial charge is 0.492 e. The van der Waals surface area contributed by atoms with E-state index < -0.39 is 11.9 Å². The Balaban J connectivity index is 2.13. The lowest BCUT2D eigenvalue weighted by atomic mass is 10.3. The highest BCUT2D eigenvalue weighted by Gasteiger charge is 2.10. The quantitative estimate of drug-likeness (QED) is 0.191. The first-order valence-corrected chi connectivity index (χ1v) is 10.1. The van der Waals surface area contributed by atoms with Gasteiger partial charge in [0.1, 0.15) is 12.4 Å². The standard InChI is InChI=1S/C18H23Cl2N3O6S/c1-27-9-10-29-17(26)7-6-15(24)21-18(30)23-22-16(25)3-2-8-28-14-5-4-12(19)11-13(14)20/h4-5,11H,2-3,6-10H2,1H3,(H,22,25)(H2,21,23,24,30). The molecule has 0 spiro atoms. The molecule has 9 nitrogen and oxygen atoms in total. The number of methoxy groups -OCH3 is 1. The predicted octanol–water partition coefficient (Wildman–Crippen LogP) is 2.14. The Morgan fingerprint density at radius 2 is 1.77 bits per heavy atom. The van der Waals surface area contributed by atoms with Crippen LogP contribution in [0.15, 0.2) is 18.2 Å². The van der Waals surface area contributed by atoms with Gasteiger partial charge in [-0.2, -0.15) is 0 Å². The van der Waals surface area contributed by atoms with Crippen LogP contribution >= 0.6 is 35.4 Å². The zero-order valence-corrected chi connectivity index (χ0v) is 18.6. The van der Waals surface area contributed by atoms with Crippen molar-refractivity contribution in [3.05, 3.63) is 28.2 Å². The molecular formula is C18H23Cl2N3O6S. The van der Waals surface area contributed by atoms with Crippen LogP contribution in [0.25, 0.3) is 0 Å². The zero-order chi connectivity index (χ0) is 22.4. The number of hydrogen-bond acceptors (Lipinski definition) is 7. The number of carbonyl (C=O) groups excluding carboxylic acids is 3. The van der Waals surface area contributed by atoms with E-state index in [1.165, 1.54) is 7.11 Å². The molecule has 0 aliphatic rings. The van der Waals surface area contributed by atoms with Gasteiger partial charge in [-0.3, -0.25) is 25.2 Å². The summed E-state index contributed by atoms with van der Waals surface area (Å²) in [5.41, 5.74) is 4.76. The second-order valence-corrected chi connectivity index (χ2v) is 7.04. The second-order valence-electron chi connectivity index (χ2n) is 5.79. The van der Waals surface area contributed by atoms with Crippen LogP contribution in [0.2, 0.25) is 10.0 Å². The molecule has 0 atom stereocenters. The van der Waals surface area contributed by atoms with Crippen molar-refractivity contribution in [3.63, 3.8) is 0 Å². The lowest BCUT2D eigenvalue weighted by Crippen LogP contribution is -2.48. The van der Waals surface area contributed by atoms with Gasteiger partial charge < -0.3 is 19.5 Å². The number of hydrazine groups is 1. The smallest absolute Gasteiger partial charge is 0.306 e. The van der Waals surface area contributed by atoms with E-state index in [-0.39, 0.29) is 50.1 Å². The molecule has 1 rings (SSSR count). The Morgan fingerprint density at radius 1 is 1.00 bits per heavy atom. The molecule has 30 heavy (non-hydrogen) atoms. The van der Waals surface area contributed by atoms with Crippen LogP contribution in [0.5, 0.6) is 5.75 Å². The average Bonchev–Trinajstić information content (AvgIpc) is 2.69. The molecule has 0 saturated carbocycles. The van der Waals surface area contributed by atoms with E-state index in [0.717, 1.165) is 0 Å². The van der Waals surface area contributed by atoms with Crippen molar-refractivity contribution < 1.29 is 28.6 Å². The number of halogens is 2. The molecule has 0 saturated heterocycles. The molecule has 2 amide bonds. The van der Waals surface area contributed by atoms with Gasteiger partial charge in [0.15, 0.2) is 5.11 Å². The number of ether oxygens (including phenoxy) is 3. The molecule has 0 bridgehead atoms. The van der Waals surface area contributed by atoms with Gasteiger partial charge in [-0.15, -0.1) is 0 Å². The van der Waals surface area contributed by atoms with E-state index in [4.69, 9.17) is 49.6 Å². The van der Waals surface area contributed by atoms with Crippen molar-refractivity contribution in [2.45, 2.75) is 25.7 Å². The summed E-state index contributed by atoms with van der Waals surface area (Å²) in [6, 6.07) is 4.86. The first-order chi connectivity index (χ1) is 14.3. The summed E-state index contributed by atoms with van der Waals surface area (Å²) in [5, 5.41) is 3.14. The predicted molar refractivity (Wildman–Crippen MR) is 115 cm³/mol. The molecule has 0 aliphatic heterocycles. The highest BCUT2D eigenvalue weighted by molar-refractivity contribution is 7.80. The molecule has 1 aromatic carbocycles. The number of benzene rings is 1. The van der Waals surface area contributed by atoms with Gasteiger partial charge in [0.05, 0.1) is 24.7 Å². The number of amides is 2. The monoisotopic (exact) mass is 479 g/mol. The third kappa shape index (κ3) is 11.8. The highest BCUT2D eigenvalue weighted by Crippen LogP contribution is 2.27. The van der Waals surface area contributed by atoms with Gasteiger partial charge in [0.2, 0.25) is 11.8 Å². The molecule has 0 aromatic heterocycles. The maximum atomic E-state index is 11.8. The number of nitrogens with one attached hydrogen (secondary N) is 3. The van der Waals surface area contributed by atoms with Crippen molar-refractivity contribution >= 4 is 58.3 Å². The Hall–Kier alpha value is -2.14. The van der Waals surface area contributed by atoms with E-state index in [1.54, 1.807) is 18.2 Å². The van der Waals surface area contributed by atoms with Crippen LogP contribution in [0.3, 0.4) is 0 Å². The number of hydrogen-bond donors (Lipinski definition) is 3. The summed E-state index contributed by atoms with van der Waals surface area (Å²) in [6.07, 6.45) is 0.382. The number of thiocarbonyl (C=S) groups is 1. The van der Waals surface area contributed by atoms with Gasteiger partial charge in [-0.1, -0.05) is 23.2 Å². The molecule has 3 N–H and O–H groups in total. The molecule has 0 unspecified atom stereocenters. The lowest BCUT2D eigenvalue weighted by Gasteiger charge is -2.11. The minimum absolute atomic E-state index is 0.0923. The molecule has 0 heterocycles. The third-order valence-corrected chi connectivity index (χ3v) is 4.11. The Bertz CT molecular complexity index is 751. The van der Waals surface area contributed by atoms with Crippen molar-refractivity contribution in [2.24, 2.45) is 0 Å². The molecule has 166 valence electrons. The van der Waals surface area contributed by atoms with Gasteiger partial charge in [-0.05, 0) is 36.8 Å². The fourth-order valence-corrected chi connectivity index (χ4v) is 2.57. The average molecular weight is 480 g/mol. The van der Waals surface area contributed by atoms with E-state index >= 15 is 0 Å². The zero-order valence-electron chi connectivity index (χ0n) is 16.3. The highest BCUT2D eigenvalue weighted by atomic mass is 35.5. The minimum atomic E-state index is -0.517. The third-order valence-electron chi connectivity index (χ3n) is 3.37. The fraction of sp³-hybridized carbons (Fsp3) is 0.444. The number of esters is 1. The van der Waals surface area contributed by atoms with Crippen molar-refractivity contribution in [1.29, 1.82) is 0 Å². The molecular weight excluding hydrogens is 457 g/mol. The Labute approximate surface area is 189 Å². The SMILES string of the molecule is COCCOC(=O)CCC(=O)NC(=S)NNC(=O)CCCOc1ccc(Cl)cc1Cl. The van der Waals surface area contributed by atoms with Crippen LogP contribution in [-0.2, 0) is 23.9 Å². The lowest BCUT2D eigenvalue weighted by molar-refractivity contribution is -0.146. The Kier molecular flexibility index (Phi) is 12.8. The van der Waals surface area contributed by atoms with Gasteiger partial charge >= 0.3 is 5.97 Å². The van der Waals surface area contributed by atoms with Crippen LogP contribution in [-0.4, -0.2) is 49.8 Å². The maximum absolute atomic E-state index is 11.8. The fourth-order valence-electron chi connectivity index (χ4n) is 1.94. The van der Waals surface area contributed by atoms with Crippen LogP contribution in [0.4, 0.5) is 0 Å². The topological polar surface area (TPSA) is 115 Å². The summed E-state index contributed by atoms with van der Waals surface area (Å²) in [6.45, 7) is 0.684. The van der Waals surface area contributed by atoms with Crippen LogP contribution < -0.4 is 20.9 Å². The summed E-state index contributed by atoms with van der Waals surface area (Å²) in [7, 11) is 1.49. The number of rotatable bonds is 11. The Morgan fingerprint density at radius 3 is 2.47 bits per heavy atom. The summed E-state index contributed by atoms with van der Waals surface area (Å²) < 4.78 is 15.1. The first kappa shape index (κ1) is 25.9. The first-order valence-electron chi connectivity index (χ1n) is 8.93. The van der Waals surface area contributed by atoms with E-state index in [2.05, 4.69) is 16.2 Å². The maximum Gasteiger partial charge on any atom is 0.306 e. The van der Waals surface area contributed by atoms with Gasteiger partial charge in [-0.25, -0.2) is 0 Å². The molecule has 0 aliphatic carbocycles. The van der Waals surface area contributed by atoms with Crippen molar-refractivity contribution in [3.8, 4) is 5.75 Å². The summed E-state index contributed by atoms with van der Waals surface area (Å²) >= 11 is 16.7. The normalized spacial score (nSPS) is 10.1. The number of carbonyl (C=O) groups is 3. The minimum Gasteiger partial charge on any atom is -0.492 e. The van der Waals surface area contributed by atoms with Gasteiger partial charge in [0, 0.05) is 25.0 Å². The van der Waals surface area contributed by atoms with Crippen LogP contribution in [0, 0.1) is 0 Å². The van der Waals surface area contributed by atoms with Crippen molar-refractivity contribution in [1.82, 2.24) is 16.2 Å². The second kappa shape index (κ2) is 14.8. The van der Waals surface area contributed by atoms with E-state index in [0.29, 0.717) is 22.2 Å². The summed E-state index contributed by atoms with van der Waals surface area (Å²) in [4.78, 5) is 34.9. The van der Waals surface area contributed by atoms with Gasteiger partial charge in [0.25, 0.3) is 0 Å². The molecule has 12 heteroatoms. The van der Waals surface area contributed by atoms with E-state index in [9.17, 15) is 14.4 Å². The van der Waals surface area contributed by atoms with Crippen LogP contribution in [0.1, 0.15) is 25.7 Å². The molecule has 1 aromatic rings.